The van der Waals surface area contributed by atoms with Gasteiger partial charge >= 0.3 is 0 Å². The highest BCUT2D eigenvalue weighted by Crippen LogP contribution is 2.29. The van der Waals surface area contributed by atoms with Crippen molar-refractivity contribution < 1.29 is 9.53 Å². The lowest BCUT2D eigenvalue weighted by molar-refractivity contribution is -0.123. The molecule has 4 rings (SSSR count). The number of hydrazone groups is 1. The summed E-state index contributed by atoms with van der Waals surface area (Å²) in [6.45, 7) is 9.45. The average Bonchev–Trinajstić information content (AvgIpc) is 3.10. The number of hydrogen-bond acceptors (Lipinski definition) is 3. The molecule has 1 N–H and O–H groups in total. The van der Waals surface area contributed by atoms with Crippen LogP contribution in [0.4, 0.5) is 0 Å². The van der Waals surface area contributed by atoms with Gasteiger partial charge in [0.15, 0.2) is 6.61 Å². The average molecular weight is 428 g/mol. The van der Waals surface area contributed by atoms with Gasteiger partial charge in [0, 0.05) is 28.4 Å². The van der Waals surface area contributed by atoms with Crippen LogP contribution in [0.2, 0.25) is 0 Å². The van der Waals surface area contributed by atoms with E-state index in [0.29, 0.717) is 5.75 Å². The molecule has 5 nitrogen and oxygen atoms in total. The Morgan fingerprint density at radius 3 is 2.44 bits per heavy atom. The molecule has 4 aromatic rings. The molecule has 0 unspecified atom stereocenters. The van der Waals surface area contributed by atoms with Crippen molar-refractivity contribution >= 4 is 33.9 Å². The Kier molecular flexibility index (Phi) is 5.99. The van der Waals surface area contributed by atoms with Crippen molar-refractivity contribution in [3.05, 3.63) is 77.9 Å². The smallest absolute Gasteiger partial charge is 0.277 e. The summed E-state index contributed by atoms with van der Waals surface area (Å²) in [7, 11) is 0. The number of ether oxygens (including phenoxy) is 1. The van der Waals surface area contributed by atoms with Gasteiger partial charge < -0.3 is 9.30 Å². The standard InChI is InChI=1S/C27H29N3O2/c1-5-30-24-9-7-6-8-22(24)23-16-19(10-15-25(23)30)17-28-29-26(31)18-32-21-13-11-20(12-14-21)27(2,3)4/h6-17H,5,18H2,1-4H3,(H,29,31). The van der Waals surface area contributed by atoms with Crippen LogP contribution in [-0.4, -0.2) is 23.3 Å². The highest BCUT2D eigenvalue weighted by atomic mass is 16.5. The Hall–Kier alpha value is -3.60. The fraction of sp³-hybridized carbons (Fsp3) is 0.259. The van der Waals surface area contributed by atoms with E-state index in [1.807, 2.05) is 30.3 Å². The van der Waals surface area contributed by atoms with Gasteiger partial charge in [-0.2, -0.15) is 5.10 Å². The zero-order chi connectivity index (χ0) is 22.7. The Bertz CT molecular complexity index is 1280. The normalized spacial score (nSPS) is 12.0. The highest BCUT2D eigenvalue weighted by molar-refractivity contribution is 6.09. The van der Waals surface area contributed by atoms with Gasteiger partial charge in [0.2, 0.25) is 0 Å². The maximum Gasteiger partial charge on any atom is 0.277 e. The van der Waals surface area contributed by atoms with Gasteiger partial charge in [-0.25, -0.2) is 5.43 Å². The number of aryl methyl sites for hydroxylation is 1. The summed E-state index contributed by atoms with van der Waals surface area (Å²) in [5.41, 5.74) is 7.19. The molecule has 0 radical (unpaired) electrons. The molecule has 0 bridgehead atoms. The largest absolute Gasteiger partial charge is 0.484 e. The first-order chi connectivity index (χ1) is 15.4. The second-order valence-corrected chi connectivity index (χ2v) is 8.89. The van der Waals surface area contributed by atoms with Crippen LogP contribution in [0.5, 0.6) is 5.75 Å². The molecule has 1 aromatic heterocycles. The van der Waals surface area contributed by atoms with Crippen molar-refractivity contribution in [1.82, 2.24) is 9.99 Å². The second kappa shape index (κ2) is 8.87. The lowest BCUT2D eigenvalue weighted by Gasteiger charge is -2.19. The first-order valence-corrected chi connectivity index (χ1v) is 10.9. The van der Waals surface area contributed by atoms with Crippen molar-refractivity contribution in [1.29, 1.82) is 0 Å². The minimum Gasteiger partial charge on any atom is -0.484 e. The molecule has 0 saturated heterocycles. The van der Waals surface area contributed by atoms with Crippen molar-refractivity contribution in [2.75, 3.05) is 6.61 Å². The van der Waals surface area contributed by atoms with Gasteiger partial charge in [0.25, 0.3) is 5.91 Å². The molecule has 0 aliphatic rings. The summed E-state index contributed by atoms with van der Waals surface area (Å²) < 4.78 is 7.87. The minimum atomic E-state index is -0.301. The number of amides is 1. The molecule has 0 saturated carbocycles. The van der Waals surface area contributed by atoms with Crippen LogP contribution in [0, 0.1) is 0 Å². The summed E-state index contributed by atoms with van der Waals surface area (Å²) in [6.07, 6.45) is 1.66. The van der Waals surface area contributed by atoms with Crippen LogP contribution in [-0.2, 0) is 16.8 Å². The summed E-state index contributed by atoms with van der Waals surface area (Å²) in [6, 6.07) is 22.4. The van der Waals surface area contributed by atoms with Crippen molar-refractivity contribution in [3.8, 4) is 5.75 Å². The van der Waals surface area contributed by atoms with Crippen LogP contribution in [0.15, 0.2) is 71.8 Å². The molecular weight excluding hydrogens is 398 g/mol. The number of nitrogens with zero attached hydrogens (tertiary/aromatic N) is 2. The molecule has 3 aromatic carbocycles. The Morgan fingerprint density at radius 1 is 1.00 bits per heavy atom. The third kappa shape index (κ3) is 4.52. The van der Waals surface area contributed by atoms with Gasteiger partial charge in [-0.3, -0.25) is 4.79 Å². The lowest BCUT2D eigenvalue weighted by atomic mass is 9.87. The number of carbonyl (C=O) groups excluding carboxylic acids is 1. The predicted octanol–water partition coefficient (Wildman–Crippen LogP) is 5.64. The minimum absolute atomic E-state index is 0.0824. The van der Waals surface area contributed by atoms with Gasteiger partial charge in [0.05, 0.1) is 6.21 Å². The first kappa shape index (κ1) is 21.6. The number of hydrogen-bond donors (Lipinski definition) is 1. The molecule has 32 heavy (non-hydrogen) atoms. The molecule has 0 atom stereocenters. The highest BCUT2D eigenvalue weighted by Gasteiger charge is 2.13. The summed E-state index contributed by atoms with van der Waals surface area (Å²) in [4.78, 5) is 12.1. The van der Waals surface area contributed by atoms with Crippen molar-refractivity contribution in [3.63, 3.8) is 0 Å². The van der Waals surface area contributed by atoms with E-state index in [0.717, 1.165) is 12.1 Å². The molecule has 5 heteroatoms. The van der Waals surface area contributed by atoms with Crippen LogP contribution in [0.25, 0.3) is 21.8 Å². The number of fused-ring (bicyclic) bond motifs is 3. The molecule has 1 heterocycles. The number of nitrogens with one attached hydrogen (secondary N) is 1. The second-order valence-electron chi connectivity index (χ2n) is 8.89. The zero-order valence-electron chi connectivity index (χ0n) is 19.1. The maximum atomic E-state index is 12.1. The molecule has 1 amide bonds. The van der Waals surface area contributed by atoms with E-state index in [2.05, 4.69) is 79.2 Å². The summed E-state index contributed by atoms with van der Waals surface area (Å²) >= 11 is 0. The van der Waals surface area contributed by atoms with E-state index >= 15 is 0 Å². The Labute approximate surface area is 188 Å². The van der Waals surface area contributed by atoms with Crippen molar-refractivity contribution in [2.24, 2.45) is 5.10 Å². The van der Waals surface area contributed by atoms with E-state index in [4.69, 9.17) is 4.74 Å². The Morgan fingerprint density at radius 2 is 1.72 bits per heavy atom. The predicted molar refractivity (Wildman–Crippen MR) is 131 cm³/mol. The third-order valence-corrected chi connectivity index (χ3v) is 5.61. The fourth-order valence-corrected chi connectivity index (χ4v) is 3.90. The summed E-state index contributed by atoms with van der Waals surface area (Å²) in [5.74, 6) is 0.361. The molecule has 0 aliphatic carbocycles. The Balaban J connectivity index is 1.39. The van der Waals surface area contributed by atoms with E-state index in [1.165, 1.54) is 27.4 Å². The van der Waals surface area contributed by atoms with Crippen LogP contribution >= 0.6 is 0 Å². The molecular formula is C27H29N3O2. The van der Waals surface area contributed by atoms with Gasteiger partial charge in [-0.15, -0.1) is 0 Å². The number of aromatic nitrogens is 1. The van der Waals surface area contributed by atoms with Crippen LogP contribution in [0.1, 0.15) is 38.8 Å². The third-order valence-electron chi connectivity index (χ3n) is 5.61. The lowest BCUT2D eigenvalue weighted by Crippen LogP contribution is -2.24. The number of benzene rings is 3. The van der Waals surface area contributed by atoms with E-state index in [1.54, 1.807) is 6.21 Å². The number of carbonyl (C=O) groups is 1. The number of para-hydroxylation sites is 1. The molecule has 0 aliphatic heterocycles. The maximum absolute atomic E-state index is 12.1. The molecule has 0 fully saturated rings. The fourth-order valence-electron chi connectivity index (χ4n) is 3.90. The van der Waals surface area contributed by atoms with Gasteiger partial charge in [-0.1, -0.05) is 57.2 Å². The quantitative estimate of drug-likeness (QED) is 0.320. The van der Waals surface area contributed by atoms with E-state index in [9.17, 15) is 4.79 Å². The molecule has 164 valence electrons. The topological polar surface area (TPSA) is 55.6 Å². The monoisotopic (exact) mass is 427 g/mol. The van der Waals surface area contributed by atoms with E-state index < -0.39 is 0 Å². The van der Waals surface area contributed by atoms with Crippen molar-refractivity contribution in [2.45, 2.75) is 39.7 Å². The first-order valence-electron chi connectivity index (χ1n) is 10.9. The SMILES string of the molecule is CCn1c2ccccc2c2cc(C=NNC(=O)COc3ccc(C(C)(C)C)cc3)ccc21. The van der Waals surface area contributed by atoms with Crippen LogP contribution in [0.3, 0.4) is 0 Å². The molecule has 0 spiro atoms. The number of rotatable bonds is 6. The summed E-state index contributed by atoms with van der Waals surface area (Å²) in [5, 5.41) is 6.50. The van der Waals surface area contributed by atoms with E-state index in [-0.39, 0.29) is 17.9 Å². The van der Waals surface area contributed by atoms with Gasteiger partial charge in [-0.05, 0) is 53.8 Å². The van der Waals surface area contributed by atoms with Crippen LogP contribution < -0.4 is 10.2 Å². The zero-order valence-corrected chi connectivity index (χ0v) is 19.1. The van der Waals surface area contributed by atoms with Gasteiger partial charge in [0.1, 0.15) is 5.75 Å².